The fourth-order valence-electron chi connectivity index (χ4n) is 1.21. The van der Waals surface area contributed by atoms with Gasteiger partial charge in [-0.05, 0) is 19.1 Å². The second-order valence-electron chi connectivity index (χ2n) is 3.43. The summed E-state index contributed by atoms with van der Waals surface area (Å²) in [7, 11) is 1.46. The predicted octanol–water partition coefficient (Wildman–Crippen LogP) is 1.12. The van der Waals surface area contributed by atoms with Gasteiger partial charge in [-0.2, -0.15) is 0 Å². The average molecular weight is 225 g/mol. The summed E-state index contributed by atoms with van der Waals surface area (Å²) in [6, 6.07) is 4.53. The Balaban J connectivity index is 3.04. The molecule has 0 aliphatic heterocycles. The zero-order valence-corrected chi connectivity index (χ0v) is 9.27. The molecule has 0 aliphatic rings. The topological polar surface area (TPSA) is 81.8 Å². The van der Waals surface area contributed by atoms with Gasteiger partial charge in [-0.3, -0.25) is 0 Å². The van der Waals surface area contributed by atoms with Crippen molar-refractivity contribution in [3.8, 4) is 11.5 Å². The number of benzene rings is 1. The van der Waals surface area contributed by atoms with Gasteiger partial charge in [-0.1, -0.05) is 6.07 Å². The molecule has 0 bridgehead atoms. The first kappa shape index (κ1) is 12.3. The summed E-state index contributed by atoms with van der Waals surface area (Å²) in [4.78, 5) is 11.0. The van der Waals surface area contributed by atoms with Crippen molar-refractivity contribution >= 4 is 5.97 Å². The number of methoxy groups -OCH3 is 1. The number of carboxylic acid groups (broad SMARTS) is 1. The summed E-state index contributed by atoms with van der Waals surface area (Å²) in [5.74, 6) is -0.450. The van der Waals surface area contributed by atoms with Crippen LogP contribution in [0.25, 0.3) is 0 Å². The van der Waals surface area contributed by atoms with Gasteiger partial charge in [0.15, 0.2) is 11.5 Å². The fourth-order valence-corrected chi connectivity index (χ4v) is 1.21. The van der Waals surface area contributed by atoms with Crippen molar-refractivity contribution in [2.45, 2.75) is 13.0 Å². The second-order valence-corrected chi connectivity index (χ2v) is 3.43. The van der Waals surface area contributed by atoms with Crippen LogP contribution in [0.15, 0.2) is 18.2 Å². The average Bonchev–Trinajstić information content (AvgIpc) is 2.25. The van der Waals surface area contributed by atoms with E-state index in [1.165, 1.54) is 13.2 Å². The zero-order chi connectivity index (χ0) is 12.1. The van der Waals surface area contributed by atoms with E-state index in [1.807, 2.05) is 0 Å². The normalized spacial score (nSPS) is 11.9. The van der Waals surface area contributed by atoms with Gasteiger partial charge in [0.2, 0.25) is 0 Å². The highest BCUT2D eigenvalue weighted by molar-refractivity contribution is 5.92. The Kier molecular flexibility index (Phi) is 4.13. The highest BCUT2D eigenvalue weighted by Crippen LogP contribution is 2.31. The number of ether oxygens (including phenoxy) is 2. The van der Waals surface area contributed by atoms with Crippen LogP contribution >= 0.6 is 0 Å². The smallest absolute Gasteiger partial charge is 0.339 e. The highest BCUT2D eigenvalue weighted by atomic mass is 16.5. The van der Waals surface area contributed by atoms with Gasteiger partial charge >= 0.3 is 5.97 Å². The number of hydrogen-bond donors (Lipinski definition) is 2. The molecular weight excluding hydrogens is 210 g/mol. The van der Waals surface area contributed by atoms with Crippen molar-refractivity contribution in [2.75, 3.05) is 13.7 Å². The lowest BCUT2D eigenvalue weighted by Crippen LogP contribution is -2.24. The number of nitrogens with two attached hydrogens (primary N) is 1. The van der Waals surface area contributed by atoms with Crippen LogP contribution in [0.5, 0.6) is 11.5 Å². The van der Waals surface area contributed by atoms with Gasteiger partial charge in [0.25, 0.3) is 0 Å². The molecule has 88 valence electrons. The van der Waals surface area contributed by atoms with Crippen LogP contribution in [0.1, 0.15) is 17.3 Å². The lowest BCUT2D eigenvalue weighted by atomic mass is 10.2. The van der Waals surface area contributed by atoms with E-state index in [2.05, 4.69) is 0 Å². The molecule has 0 saturated carbocycles. The number of carbonyl (C=O) groups is 1. The summed E-state index contributed by atoms with van der Waals surface area (Å²) >= 11 is 0. The third-order valence-corrected chi connectivity index (χ3v) is 1.92. The van der Waals surface area contributed by atoms with Crippen molar-refractivity contribution < 1.29 is 19.4 Å². The maximum Gasteiger partial charge on any atom is 0.339 e. The van der Waals surface area contributed by atoms with Crippen LogP contribution in [-0.2, 0) is 0 Å². The summed E-state index contributed by atoms with van der Waals surface area (Å²) in [5.41, 5.74) is 5.61. The molecule has 0 heterocycles. The lowest BCUT2D eigenvalue weighted by molar-refractivity contribution is 0.0691. The van der Waals surface area contributed by atoms with Gasteiger partial charge in [-0.15, -0.1) is 0 Å². The first-order valence-corrected chi connectivity index (χ1v) is 4.85. The Bertz CT molecular complexity index is 376. The highest BCUT2D eigenvalue weighted by Gasteiger charge is 2.16. The van der Waals surface area contributed by atoms with Gasteiger partial charge in [0.1, 0.15) is 12.2 Å². The number of hydrogen-bond acceptors (Lipinski definition) is 4. The molecule has 0 aliphatic carbocycles. The maximum atomic E-state index is 11.0. The number of rotatable bonds is 5. The van der Waals surface area contributed by atoms with E-state index in [9.17, 15) is 4.79 Å². The second kappa shape index (κ2) is 5.37. The Morgan fingerprint density at radius 3 is 2.75 bits per heavy atom. The summed E-state index contributed by atoms with van der Waals surface area (Å²) in [5, 5.41) is 8.98. The van der Waals surface area contributed by atoms with Gasteiger partial charge in [-0.25, -0.2) is 4.79 Å². The molecule has 1 atom stereocenters. The molecule has 1 aromatic carbocycles. The van der Waals surface area contributed by atoms with Crippen LogP contribution in [0.4, 0.5) is 0 Å². The Labute approximate surface area is 93.8 Å². The van der Waals surface area contributed by atoms with Crippen LogP contribution < -0.4 is 15.2 Å². The van der Waals surface area contributed by atoms with E-state index in [1.54, 1.807) is 19.1 Å². The molecule has 1 unspecified atom stereocenters. The molecule has 0 saturated heterocycles. The zero-order valence-electron chi connectivity index (χ0n) is 9.27. The van der Waals surface area contributed by atoms with Crippen molar-refractivity contribution in [1.82, 2.24) is 0 Å². The molecular formula is C11H15NO4. The molecule has 0 fully saturated rings. The minimum atomic E-state index is -1.06. The van der Waals surface area contributed by atoms with Gasteiger partial charge in [0.05, 0.1) is 7.11 Å². The van der Waals surface area contributed by atoms with Crippen LogP contribution in [0, 0.1) is 0 Å². The third-order valence-electron chi connectivity index (χ3n) is 1.92. The van der Waals surface area contributed by atoms with Gasteiger partial charge in [0, 0.05) is 6.04 Å². The Morgan fingerprint density at radius 2 is 2.25 bits per heavy atom. The van der Waals surface area contributed by atoms with Crippen LogP contribution in [0.2, 0.25) is 0 Å². The van der Waals surface area contributed by atoms with Crippen molar-refractivity contribution in [1.29, 1.82) is 0 Å². The minimum Gasteiger partial charge on any atom is -0.493 e. The van der Waals surface area contributed by atoms with E-state index >= 15 is 0 Å². The molecule has 5 heteroatoms. The van der Waals surface area contributed by atoms with E-state index in [0.29, 0.717) is 5.75 Å². The number of aromatic carboxylic acids is 1. The molecule has 3 N–H and O–H groups in total. The lowest BCUT2D eigenvalue weighted by Gasteiger charge is -2.14. The standard InChI is InChI=1S/C11H15NO4/c1-7(12)6-16-10-8(11(13)14)4-3-5-9(10)15-2/h3-5,7H,6,12H2,1-2H3,(H,13,14). The molecule has 0 spiro atoms. The maximum absolute atomic E-state index is 11.0. The first-order valence-electron chi connectivity index (χ1n) is 4.85. The summed E-state index contributed by atoms with van der Waals surface area (Å²) in [6.07, 6.45) is 0. The van der Waals surface area contributed by atoms with E-state index in [4.69, 9.17) is 20.3 Å². The first-order chi connectivity index (χ1) is 7.56. The quantitative estimate of drug-likeness (QED) is 0.784. The number of para-hydroxylation sites is 1. The summed E-state index contributed by atoms with van der Waals surface area (Å²) < 4.78 is 10.4. The number of carboxylic acids is 1. The van der Waals surface area contributed by atoms with Crippen molar-refractivity contribution in [3.05, 3.63) is 23.8 Å². The predicted molar refractivity (Wildman–Crippen MR) is 59.1 cm³/mol. The molecule has 0 aromatic heterocycles. The summed E-state index contributed by atoms with van der Waals surface area (Å²) in [6.45, 7) is 2.01. The van der Waals surface area contributed by atoms with Crippen LogP contribution in [0.3, 0.4) is 0 Å². The van der Waals surface area contributed by atoms with E-state index in [-0.39, 0.29) is 24.0 Å². The third kappa shape index (κ3) is 2.87. The molecule has 5 nitrogen and oxygen atoms in total. The SMILES string of the molecule is COc1cccc(C(=O)O)c1OCC(C)N. The molecule has 1 rings (SSSR count). The van der Waals surface area contributed by atoms with E-state index < -0.39 is 5.97 Å². The fraction of sp³-hybridized carbons (Fsp3) is 0.364. The molecule has 16 heavy (non-hydrogen) atoms. The molecule has 0 amide bonds. The monoisotopic (exact) mass is 225 g/mol. The van der Waals surface area contributed by atoms with Crippen molar-refractivity contribution in [2.24, 2.45) is 5.73 Å². The van der Waals surface area contributed by atoms with Gasteiger partial charge < -0.3 is 20.3 Å². The molecule has 0 radical (unpaired) electrons. The van der Waals surface area contributed by atoms with Crippen LogP contribution in [-0.4, -0.2) is 30.8 Å². The largest absolute Gasteiger partial charge is 0.493 e. The Morgan fingerprint density at radius 1 is 1.56 bits per heavy atom. The minimum absolute atomic E-state index is 0.0694. The molecule has 1 aromatic rings. The Hall–Kier alpha value is -1.75. The van der Waals surface area contributed by atoms with E-state index in [0.717, 1.165) is 0 Å². The van der Waals surface area contributed by atoms with Crippen molar-refractivity contribution in [3.63, 3.8) is 0 Å².